The molecule has 112 valence electrons. The standard InChI is InChI=1S/C17H21ClN2O/c1-11-7-8-15(12(2)9-11)20-16(10-18)19-14-6-4-3-5-13(14)17(20)21/h3-6,11-12,15H,7-10H2,1-2H3. The summed E-state index contributed by atoms with van der Waals surface area (Å²) in [4.78, 5) is 17.5. The molecule has 1 fully saturated rings. The van der Waals surface area contributed by atoms with Crippen LogP contribution in [0.2, 0.25) is 0 Å². The van der Waals surface area contributed by atoms with Gasteiger partial charge in [-0.05, 0) is 43.2 Å². The van der Waals surface area contributed by atoms with E-state index in [4.69, 9.17) is 11.6 Å². The topological polar surface area (TPSA) is 34.9 Å². The number of para-hydroxylation sites is 1. The van der Waals surface area contributed by atoms with Crippen molar-refractivity contribution in [3.63, 3.8) is 0 Å². The number of rotatable bonds is 2. The molecule has 21 heavy (non-hydrogen) atoms. The lowest BCUT2D eigenvalue weighted by atomic mass is 9.79. The van der Waals surface area contributed by atoms with Gasteiger partial charge in [-0.25, -0.2) is 4.98 Å². The predicted molar refractivity (Wildman–Crippen MR) is 86.8 cm³/mol. The Balaban J connectivity index is 2.17. The first-order valence-corrected chi connectivity index (χ1v) is 8.21. The Morgan fingerprint density at radius 1 is 1.29 bits per heavy atom. The van der Waals surface area contributed by atoms with Crippen LogP contribution in [0, 0.1) is 11.8 Å². The Morgan fingerprint density at radius 3 is 2.76 bits per heavy atom. The molecule has 3 atom stereocenters. The van der Waals surface area contributed by atoms with Gasteiger partial charge in [0.1, 0.15) is 5.82 Å². The summed E-state index contributed by atoms with van der Waals surface area (Å²) in [6.45, 7) is 4.52. The lowest BCUT2D eigenvalue weighted by Gasteiger charge is -2.34. The second kappa shape index (κ2) is 5.80. The number of benzene rings is 1. The number of nitrogens with zero attached hydrogens (tertiary/aromatic N) is 2. The molecule has 0 N–H and O–H groups in total. The van der Waals surface area contributed by atoms with Crippen LogP contribution in [0.3, 0.4) is 0 Å². The van der Waals surface area contributed by atoms with E-state index in [0.717, 1.165) is 30.7 Å². The van der Waals surface area contributed by atoms with E-state index in [0.29, 0.717) is 17.1 Å². The van der Waals surface area contributed by atoms with Gasteiger partial charge in [-0.15, -0.1) is 11.6 Å². The summed E-state index contributed by atoms with van der Waals surface area (Å²) in [6, 6.07) is 7.75. The minimum absolute atomic E-state index is 0.0580. The molecule has 1 saturated carbocycles. The van der Waals surface area contributed by atoms with Gasteiger partial charge in [0, 0.05) is 6.04 Å². The molecule has 0 amide bonds. The molecule has 0 saturated heterocycles. The zero-order chi connectivity index (χ0) is 15.0. The first-order chi connectivity index (χ1) is 10.1. The van der Waals surface area contributed by atoms with Crippen LogP contribution < -0.4 is 5.56 Å². The van der Waals surface area contributed by atoms with Crippen molar-refractivity contribution in [3.05, 3.63) is 40.4 Å². The maximum Gasteiger partial charge on any atom is 0.261 e. The maximum atomic E-state index is 12.9. The zero-order valence-corrected chi connectivity index (χ0v) is 13.3. The number of hydrogen-bond donors (Lipinski definition) is 0. The van der Waals surface area contributed by atoms with E-state index in [1.807, 2.05) is 28.8 Å². The Labute approximate surface area is 130 Å². The highest BCUT2D eigenvalue weighted by Crippen LogP contribution is 2.36. The molecule has 4 heteroatoms. The summed E-state index contributed by atoms with van der Waals surface area (Å²) in [5.41, 5.74) is 0.800. The third-order valence-electron chi connectivity index (χ3n) is 4.72. The molecule has 1 aliphatic rings. The maximum absolute atomic E-state index is 12.9. The van der Waals surface area contributed by atoms with Gasteiger partial charge in [0.05, 0.1) is 16.8 Å². The van der Waals surface area contributed by atoms with E-state index in [2.05, 4.69) is 18.8 Å². The van der Waals surface area contributed by atoms with Crippen LogP contribution in [0.4, 0.5) is 0 Å². The number of fused-ring (bicyclic) bond motifs is 1. The molecule has 1 aromatic heterocycles. The van der Waals surface area contributed by atoms with Gasteiger partial charge in [-0.2, -0.15) is 0 Å². The van der Waals surface area contributed by atoms with Crippen LogP contribution in [-0.4, -0.2) is 9.55 Å². The summed E-state index contributed by atoms with van der Waals surface area (Å²) in [5, 5.41) is 0.692. The second-order valence-electron chi connectivity index (χ2n) is 6.32. The van der Waals surface area contributed by atoms with Crippen LogP contribution in [0.1, 0.15) is 45.0 Å². The Bertz CT molecular complexity index is 709. The lowest BCUT2D eigenvalue weighted by molar-refractivity contribution is 0.200. The molecule has 0 spiro atoms. The van der Waals surface area contributed by atoms with Gasteiger partial charge in [-0.3, -0.25) is 9.36 Å². The molecule has 0 radical (unpaired) electrons. The van der Waals surface area contributed by atoms with Crippen molar-refractivity contribution in [3.8, 4) is 0 Å². The minimum atomic E-state index is 0.0580. The fraction of sp³-hybridized carbons (Fsp3) is 0.529. The first kappa shape index (κ1) is 14.6. The highest BCUT2D eigenvalue weighted by Gasteiger charge is 2.29. The van der Waals surface area contributed by atoms with Crippen molar-refractivity contribution in [2.24, 2.45) is 11.8 Å². The average molecular weight is 305 g/mol. The van der Waals surface area contributed by atoms with Gasteiger partial charge in [0.15, 0.2) is 0 Å². The van der Waals surface area contributed by atoms with Crippen molar-refractivity contribution in [1.82, 2.24) is 9.55 Å². The van der Waals surface area contributed by atoms with E-state index in [9.17, 15) is 4.79 Å². The molecular formula is C17H21ClN2O. The van der Waals surface area contributed by atoms with E-state index in [1.54, 1.807) is 0 Å². The third kappa shape index (κ3) is 2.59. The van der Waals surface area contributed by atoms with Crippen molar-refractivity contribution in [2.45, 2.75) is 45.0 Å². The third-order valence-corrected chi connectivity index (χ3v) is 4.96. The van der Waals surface area contributed by atoms with Gasteiger partial charge in [0.25, 0.3) is 5.56 Å². The smallest absolute Gasteiger partial charge is 0.261 e. The van der Waals surface area contributed by atoms with Crippen LogP contribution >= 0.6 is 11.6 Å². The second-order valence-corrected chi connectivity index (χ2v) is 6.58. The molecule has 3 nitrogen and oxygen atoms in total. The van der Waals surface area contributed by atoms with E-state index < -0.39 is 0 Å². The number of aromatic nitrogens is 2. The van der Waals surface area contributed by atoms with Crippen LogP contribution in [0.25, 0.3) is 10.9 Å². The lowest BCUT2D eigenvalue weighted by Crippen LogP contribution is -2.35. The van der Waals surface area contributed by atoms with Crippen LogP contribution in [0.5, 0.6) is 0 Å². The number of halogens is 1. The normalized spacial score (nSPS) is 26.1. The van der Waals surface area contributed by atoms with E-state index >= 15 is 0 Å². The highest BCUT2D eigenvalue weighted by molar-refractivity contribution is 6.16. The highest BCUT2D eigenvalue weighted by atomic mass is 35.5. The average Bonchev–Trinajstić information content (AvgIpc) is 2.48. The van der Waals surface area contributed by atoms with E-state index in [1.165, 1.54) is 0 Å². The van der Waals surface area contributed by atoms with Crippen molar-refractivity contribution >= 4 is 22.5 Å². The quantitative estimate of drug-likeness (QED) is 0.782. The summed E-state index contributed by atoms with van der Waals surface area (Å²) >= 11 is 6.08. The Kier molecular flexibility index (Phi) is 4.03. The number of hydrogen-bond acceptors (Lipinski definition) is 2. The molecule has 3 unspecified atom stereocenters. The van der Waals surface area contributed by atoms with Crippen molar-refractivity contribution < 1.29 is 0 Å². The van der Waals surface area contributed by atoms with Gasteiger partial charge < -0.3 is 0 Å². The minimum Gasteiger partial charge on any atom is -0.292 e. The van der Waals surface area contributed by atoms with E-state index in [-0.39, 0.29) is 17.5 Å². The van der Waals surface area contributed by atoms with Crippen LogP contribution in [0.15, 0.2) is 29.1 Å². The fourth-order valence-electron chi connectivity index (χ4n) is 3.66. The van der Waals surface area contributed by atoms with Crippen molar-refractivity contribution in [2.75, 3.05) is 0 Å². The SMILES string of the molecule is CC1CCC(n2c(CCl)nc3ccccc3c2=O)C(C)C1. The molecule has 1 heterocycles. The first-order valence-electron chi connectivity index (χ1n) is 7.68. The molecule has 0 aliphatic heterocycles. The van der Waals surface area contributed by atoms with Gasteiger partial charge in [-0.1, -0.05) is 26.0 Å². The molecule has 3 rings (SSSR count). The molecule has 1 aliphatic carbocycles. The number of alkyl halides is 1. The van der Waals surface area contributed by atoms with Crippen LogP contribution in [-0.2, 0) is 5.88 Å². The fourth-order valence-corrected chi connectivity index (χ4v) is 3.85. The Morgan fingerprint density at radius 2 is 2.05 bits per heavy atom. The molecule has 1 aromatic carbocycles. The predicted octanol–water partition coefficient (Wildman–Crippen LogP) is 4.13. The molecule has 2 aromatic rings. The molecular weight excluding hydrogens is 284 g/mol. The van der Waals surface area contributed by atoms with Gasteiger partial charge in [0.2, 0.25) is 0 Å². The van der Waals surface area contributed by atoms with Gasteiger partial charge >= 0.3 is 0 Å². The summed E-state index contributed by atoms with van der Waals surface area (Å²) in [5.74, 6) is 2.20. The Hall–Kier alpha value is -1.35. The summed E-state index contributed by atoms with van der Waals surface area (Å²) < 4.78 is 1.87. The zero-order valence-electron chi connectivity index (χ0n) is 12.6. The summed E-state index contributed by atoms with van der Waals surface area (Å²) in [7, 11) is 0. The monoisotopic (exact) mass is 304 g/mol. The van der Waals surface area contributed by atoms with Crippen molar-refractivity contribution in [1.29, 1.82) is 0 Å². The summed E-state index contributed by atoms with van der Waals surface area (Å²) in [6.07, 6.45) is 3.35. The molecule has 0 bridgehead atoms. The largest absolute Gasteiger partial charge is 0.292 e.